The van der Waals surface area contributed by atoms with Crippen molar-refractivity contribution in [3.8, 4) is 5.75 Å². The van der Waals surface area contributed by atoms with E-state index < -0.39 is 5.97 Å². The quantitative estimate of drug-likeness (QED) is 0.772. The smallest absolute Gasteiger partial charge is 0.335 e. The average Bonchev–Trinajstić information content (AvgIpc) is 2.96. The van der Waals surface area contributed by atoms with Gasteiger partial charge in [0.2, 0.25) is 0 Å². The molecule has 1 aliphatic rings. The van der Waals surface area contributed by atoms with Gasteiger partial charge in [-0.3, -0.25) is 4.79 Å². The van der Waals surface area contributed by atoms with Crippen molar-refractivity contribution in [1.82, 2.24) is 5.32 Å². The number of amides is 1. The van der Waals surface area contributed by atoms with Crippen LogP contribution in [0.4, 0.5) is 11.4 Å². The molecule has 0 fully saturated rings. The van der Waals surface area contributed by atoms with Crippen LogP contribution in [0, 0.1) is 0 Å². The van der Waals surface area contributed by atoms with Crippen molar-refractivity contribution in [2.75, 3.05) is 11.4 Å². The molecule has 136 valence electrons. The fourth-order valence-electron chi connectivity index (χ4n) is 2.98. The first kappa shape index (κ1) is 17.8. The van der Waals surface area contributed by atoms with Crippen LogP contribution in [0.1, 0.15) is 47.4 Å². The second-order valence-electron chi connectivity index (χ2n) is 6.23. The maximum atomic E-state index is 12.2. The second kappa shape index (κ2) is 7.47. The fraction of sp³-hybridized carbons (Fsp3) is 0.300. The Morgan fingerprint density at radius 1 is 1.15 bits per heavy atom. The monoisotopic (exact) mass is 354 g/mol. The molecule has 26 heavy (non-hydrogen) atoms. The Morgan fingerprint density at radius 3 is 2.50 bits per heavy atom. The molecule has 6 nitrogen and oxygen atoms in total. The number of hydrogen-bond donors (Lipinski definition) is 2. The number of fused-ring (bicyclic) bond motifs is 1. The molecule has 1 aliphatic heterocycles. The van der Waals surface area contributed by atoms with Crippen molar-refractivity contribution in [3.63, 3.8) is 0 Å². The zero-order chi connectivity index (χ0) is 18.7. The Morgan fingerprint density at radius 2 is 1.85 bits per heavy atom. The van der Waals surface area contributed by atoms with Gasteiger partial charge in [-0.25, -0.2) is 4.79 Å². The largest absolute Gasteiger partial charge is 0.478 e. The molecule has 1 heterocycles. The second-order valence-corrected chi connectivity index (χ2v) is 6.23. The highest BCUT2D eigenvalue weighted by Gasteiger charge is 2.29. The minimum atomic E-state index is -0.957. The van der Waals surface area contributed by atoms with E-state index in [1.165, 1.54) is 0 Å². The lowest BCUT2D eigenvalue weighted by atomic mass is 10.1. The molecule has 0 spiro atoms. The first-order chi connectivity index (χ1) is 12.5. The van der Waals surface area contributed by atoms with Gasteiger partial charge >= 0.3 is 5.97 Å². The highest BCUT2D eigenvalue weighted by Crippen LogP contribution is 2.42. The number of nitrogens with zero attached hydrogens (tertiary/aromatic N) is 1. The van der Waals surface area contributed by atoms with Gasteiger partial charge in [0.25, 0.3) is 5.91 Å². The number of benzene rings is 2. The molecule has 0 saturated carbocycles. The molecule has 0 saturated heterocycles. The summed E-state index contributed by atoms with van der Waals surface area (Å²) in [7, 11) is 0. The summed E-state index contributed by atoms with van der Waals surface area (Å²) in [5.41, 5.74) is 2.49. The van der Waals surface area contributed by atoms with E-state index in [0.29, 0.717) is 17.9 Å². The van der Waals surface area contributed by atoms with Crippen LogP contribution in [0.5, 0.6) is 5.75 Å². The van der Waals surface area contributed by atoms with Crippen molar-refractivity contribution in [1.29, 1.82) is 0 Å². The lowest BCUT2D eigenvalue weighted by Crippen LogP contribution is -2.26. The summed E-state index contributed by atoms with van der Waals surface area (Å²) in [5.74, 6) is -0.425. The highest BCUT2D eigenvalue weighted by molar-refractivity contribution is 5.95. The summed E-state index contributed by atoms with van der Waals surface area (Å²) < 4.78 is 5.90. The summed E-state index contributed by atoms with van der Waals surface area (Å²) in [4.78, 5) is 25.2. The molecule has 1 atom stereocenters. The van der Waals surface area contributed by atoms with Crippen LogP contribution in [0.2, 0.25) is 0 Å². The molecule has 0 radical (unpaired) electrons. The summed E-state index contributed by atoms with van der Waals surface area (Å²) in [6.07, 6.45) is 1.73. The van der Waals surface area contributed by atoms with Gasteiger partial charge in [-0.1, -0.05) is 13.3 Å². The van der Waals surface area contributed by atoms with Gasteiger partial charge < -0.3 is 20.1 Å². The molecule has 1 amide bonds. The van der Waals surface area contributed by atoms with Crippen LogP contribution in [0.25, 0.3) is 0 Å². The summed E-state index contributed by atoms with van der Waals surface area (Å²) in [6.45, 7) is 4.65. The summed E-state index contributed by atoms with van der Waals surface area (Å²) in [5, 5.41) is 11.9. The van der Waals surface area contributed by atoms with Crippen molar-refractivity contribution in [3.05, 3.63) is 53.6 Å². The molecule has 3 rings (SSSR count). The van der Waals surface area contributed by atoms with E-state index in [-0.39, 0.29) is 17.7 Å². The molecule has 0 aliphatic carbocycles. The molecule has 1 unspecified atom stereocenters. The standard InChI is InChI=1S/C20H22N2O4/c1-3-4-11-21-19(23)15-7-10-17-18(12-15)26-13(2)22(17)16-8-5-14(6-9-16)20(24)25/h5-10,12-13H,3-4,11H2,1-2H3,(H,21,23)(H,24,25). The minimum absolute atomic E-state index is 0.109. The van der Waals surface area contributed by atoms with E-state index in [2.05, 4.69) is 12.2 Å². The summed E-state index contributed by atoms with van der Waals surface area (Å²) >= 11 is 0. The Kier molecular flexibility index (Phi) is 5.11. The number of hydrogen-bond acceptors (Lipinski definition) is 4. The third kappa shape index (κ3) is 3.49. The molecular formula is C20H22N2O4. The first-order valence-electron chi connectivity index (χ1n) is 8.72. The predicted octanol–water partition coefficient (Wildman–Crippen LogP) is 3.79. The minimum Gasteiger partial charge on any atom is -0.478 e. The molecule has 2 N–H and O–H groups in total. The van der Waals surface area contributed by atoms with Crippen LogP contribution in [0.3, 0.4) is 0 Å². The third-order valence-corrected chi connectivity index (χ3v) is 4.35. The molecule has 2 aromatic carbocycles. The predicted molar refractivity (Wildman–Crippen MR) is 99.3 cm³/mol. The number of carbonyl (C=O) groups excluding carboxylic acids is 1. The van der Waals surface area contributed by atoms with Crippen LogP contribution in [-0.2, 0) is 0 Å². The molecule has 0 bridgehead atoms. The maximum Gasteiger partial charge on any atom is 0.335 e. The lowest BCUT2D eigenvalue weighted by Gasteiger charge is -2.22. The highest BCUT2D eigenvalue weighted by atomic mass is 16.5. The van der Waals surface area contributed by atoms with E-state index in [4.69, 9.17) is 9.84 Å². The van der Waals surface area contributed by atoms with Crippen LogP contribution >= 0.6 is 0 Å². The molecule has 0 aromatic heterocycles. The molecule has 6 heteroatoms. The van der Waals surface area contributed by atoms with Gasteiger partial charge in [0.05, 0.1) is 11.3 Å². The SMILES string of the molecule is CCCCNC(=O)c1ccc2c(c1)OC(C)N2c1ccc(C(=O)O)cc1. The van der Waals surface area contributed by atoms with Crippen molar-refractivity contribution in [2.24, 2.45) is 0 Å². The number of carbonyl (C=O) groups is 2. The lowest BCUT2D eigenvalue weighted by molar-refractivity contribution is 0.0696. The molecular weight excluding hydrogens is 332 g/mol. The van der Waals surface area contributed by atoms with Crippen LogP contribution < -0.4 is 15.0 Å². The van der Waals surface area contributed by atoms with Gasteiger partial charge in [0.15, 0.2) is 6.23 Å². The van der Waals surface area contributed by atoms with E-state index in [0.717, 1.165) is 24.2 Å². The zero-order valence-corrected chi connectivity index (χ0v) is 14.9. The number of carboxylic acid groups (broad SMARTS) is 1. The topological polar surface area (TPSA) is 78.9 Å². The Hall–Kier alpha value is -3.02. The Balaban J connectivity index is 1.82. The van der Waals surface area contributed by atoms with E-state index >= 15 is 0 Å². The van der Waals surface area contributed by atoms with Gasteiger partial charge in [-0.15, -0.1) is 0 Å². The number of ether oxygens (including phenoxy) is 1. The van der Waals surface area contributed by atoms with Gasteiger partial charge in [0.1, 0.15) is 5.75 Å². The van der Waals surface area contributed by atoms with Crippen molar-refractivity contribution in [2.45, 2.75) is 32.9 Å². The van der Waals surface area contributed by atoms with E-state index in [1.54, 1.807) is 36.4 Å². The van der Waals surface area contributed by atoms with E-state index in [9.17, 15) is 9.59 Å². The number of aromatic carboxylic acids is 1. The number of nitrogens with one attached hydrogen (secondary N) is 1. The van der Waals surface area contributed by atoms with Crippen molar-refractivity contribution >= 4 is 23.3 Å². The third-order valence-electron chi connectivity index (χ3n) is 4.35. The maximum absolute atomic E-state index is 12.2. The van der Waals surface area contributed by atoms with E-state index in [1.807, 2.05) is 17.9 Å². The number of rotatable bonds is 6. The number of unbranched alkanes of at least 4 members (excludes halogenated alkanes) is 1. The number of anilines is 2. The van der Waals surface area contributed by atoms with Gasteiger partial charge in [0, 0.05) is 17.8 Å². The number of carboxylic acids is 1. The van der Waals surface area contributed by atoms with Crippen LogP contribution in [0.15, 0.2) is 42.5 Å². The van der Waals surface area contributed by atoms with Gasteiger partial charge in [-0.2, -0.15) is 0 Å². The van der Waals surface area contributed by atoms with Crippen molar-refractivity contribution < 1.29 is 19.4 Å². The first-order valence-corrected chi connectivity index (χ1v) is 8.72. The normalized spacial score (nSPS) is 15.3. The fourth-order valence-corrected chi connectivity index (χ4v) is 2.98. The molecule has 2 aromatic rings. The zero-order valence-electron chi connectivity index (χ0n) is 14.9. The summed E-state index contributed by atoms with van der Waals surface area (Å²) in [6, 6.07) is 12.0. The Labute approximate surface area is 152 Å². The average molecular weight is 354 g/mol. The van der Waals surface area contributed by atoms with Crippen LogP contribution in [-0.4, -0.2) is 29.8 Å². The van der Waals surface area contributed by atoms with Gasteiger partial charge in [-0.05, 0) is 55.8 Å². The Bertz CT molecular complexity index is 817.